The molecule has 11 heavy (non-hydrogen) atoms. The number of hydrogen-bond donors (Lipinski definition) is 0. The Kier molecular flexibility index (Phi) is 5.57. The first kappa shape index (κ1) is 11.0. The lowest BCUT2D eigenvalue weighted by Gasteiger charge is -2.19. The first-order valence-electron chi connectivity index (χ1n) is 4.94. The second-order valence-electron chi connectivity index (χ2n) is 3.48. The molecule has 0 bridgehead atoms. The van der Waals surface area contributed by atoms with Crippen LogP contribution in [0.4, 0.5) is 0 Å². The average Bonchev–Trinajstić information content (AvgIpc) is 2.40. The third-order valence-corrected chi connectivity index (χ3v) is 2.19. The van der Waals surface area contributed by atoms with Gasteiger partial charge in [0.05, 0.1) is 0 Å². The van der Waals surface area contributed by atoms with Gasteiger partial charge in [0.25, 0.3) is 0 Å². The van der Waals surface area contributed by atoms with E-state index in [0.29, 0.717) is 0 Å². The Labute approximate surface area is 71.8 Å². The minimum Gasteiger partial charge on any atom is -0.301 e. The van der Waals surface area contributed by atoms with Gasteiger partial charge < -0.3 is 4.90 Å². The van der Waals surface area contributed by atoms with Crippen LogP contribution in [0.5, 0.6) is 0 Å². The molecule has 1 fully saturated rings. The van der Waals surface area contributed by atoms with E-state index >= 15 is 0 Å². The number of likely N-dealkylation sites (tertiary alicyclic amines) is 1. The lowest BCUT2D eigenvalue weighted by atomic mass is 10.2. The fourth-order valence-corrected chi connectivity index (χ4v) is 1.44. The normalized spacial score (nSPS) is 25.1. The molecule has 1 aliphatic rings. The maximum Gasteiger partial charge on any atom is 0.00387 e. The molecule has 1 nitrogen and oxygen atoms in total. The van der Waals surface area contributed by atoms with E-state index in [1.807, 2.05) is 13.8 Å². The first-order chi connectivity index (χ1) is 5.20. The largest absolute Gasteiger partial charge is 0.301 e. The Bertz CT molecular complexity index is 88.9. The molecule has 0 amide bonds. The molecule has 0 N–H and O–H groups in total. The zero-order valence-electron chi connectivity index (χ0n) is 8.72. The quantitative estimate of drug-likeness (QED) is 0.565. The predicted molar refractivity (Wildman–Crippen MR) is 51.8 cm³/mol. The highest BCUT2D eigenvalue weighted by Gasteiger charge is 2.19. The number of hydrogen-bond acceptors (Lipinski definition) is 1. The van der Waals surface area contributed by atoms with E-state index in [1.165, 1.54) is 19.5 Å². The highest BCUT2D eigenvalue weighted by atomic mass is 15.2. The van der Waals surface area contributed by atoms with Gasteiger partial charge in [0.1, 0.15) is 0 Å². The fraction of sp³-hybridized carbons (Fsp3) is 1.00. The fourth-order valence-electron chi connectivity index (χ4n) is 1.44. The van der Waals surface area contributed by atoms with Crippen molar-refractivity contribution in [3.05, 3.63) is 0 Å². The summed E-state index contributed by atoms with van der Waals surface area (Å²) in [4.78, 5) is 2.55. The Hall–Kier alpha value is -0.0400. The van der Waals surface area contributed by atoms with Crippen LogP contribution < -0.4 is 0 Å². The maximum absolute atomic E-state index is 2.55. The predicted octanol–water partition coefficient (Wildman–Crippen LogP) is 2.76. The molecule has 0 radical (unpaired) electrons. The van der Waals surface area contributed by atoms with Crippen LogP contribution >= 0.6 is 0 Å². The molecule has 0 spiro atoms. The van der Waals surface area contributed by atoms with Gasteiger partial charge >= 0.3 is 0 Å². The second-order valence-corrected chi connectivity index (χ2v) is 3.48. The Morgan fingerprint density at radius 3 is 2.00 bits per heavy atom. The van der Waals surface area contributed by atoms with E-state index in [9.17, 15) is 0 Å². The van der Waals surface area contributed by atoms with Crippen LogP contribution in [0.3, 0.4) is 0 Å². The molecule has 1 atom stereocenters. The summed E-state index contributed by atoms with van der Waals surface area (Å²) in [5, 5.41) is 0. The van der Waals surface area contributed by atoms with Crippen molar-refractivity contribution >= 4 is 0 Å². The molecule has 1 unspecified atom stereocenters. The highest BCUT2D eigenvalue weighted by Crippen LogP contribution is 2.16. The molecule has 0 aliphatic carbocycles. The van der Waals surface area contributed by atoms with E-state index in [2.05, 4.69) is 25.7 Å². The summed E-state index contributed by atoms with van der Waals surface area (Å²) in [6.07, 6.45) is 1.40. The SMILES string of the molecule is CC.CC1CCN(C(C)C)C1. The topological polar surface area (TPSA) is 3.24 Å². The first-order valence-corrected chi connectivity index (χ1v) is 4.94. The Morgan fingerprint density at radius 1 is 1.27 bits per heavy atom. The molecule has 1 heterocycles. The summed E-state index contributed by atoms with van der Waals surface area (Å²) in [6.45, 7) is 13.5. The molecule has 0 aromatic carbocycles. The van der Waals surface area contributed by atoms with Crippen LogP contribution in [-0.2, 0) is 0 Å². The van der Waals surface area contributed by atoms with Crippen molar-refractivity contribution in [1.82, 2.24) is 4.90 Å². The second kappa shape index (κ2) is 5.59. The van der Waals surface area contributed by atoms with Crippen LogP contribution in [0, 0.1) is 5.92 Å². The highest BCUT2D eigenvalue weighted by molar-refractivity contribution is 4.74. The van der Waals surface area contributed by atoms with Crippen molar-refractivity contribution in [2.45, 2.75) is 47.1 Å². The van der Waals surface area contributed by atoms with Gasteiger partial charge in [0.2, 0.25) is 0 Å². The lowest BCUT2D eigenvalue weighted by molar-refractivity contribution is 0.267. The Morgan fingerprint density at radius 2 is 1.82 bits per heavy atom. The van der Waals surface area contributed by atoms with Crippen LogP contribution in [0.1, 0.15) is 41.0 Å². The smallest absolute Gasteiger partial charge is 0.00387 e. The molecule has 1 rings (SSSR count). The molecule has 68 valence electrons. The number of nitrogens with zero attached hydrogens (tertiary/aromatic N) is 1. The van der Waals surface area contributed by atoms with Crippen molar-refractivity contribution in [3.8, 4) is 0 Å². The number of rotatable bonds is 1. The molecular weight excluding hydrogens is 134 g/mol. The molecule has 1 saturated heterocycles. The van der Waals surface area contributed by atoms with E-state index < -0.39 is 0 Å². The van der Waals surface area contributed by atoms with Crippen molar-refractivity contribution in [3.63, 3.8) is 0 Å². The van der Waals surface area contributed by atoms with E-state index in [1.54, 1.807) is 0 Å². The summed E-state index contributed by atoms with van der Waals surface area (Å²) in [7, 11) is 0. The summed E-state index contributed by atoms with van der Waals surface area (Å²) in [5.41, 5.74) is 0. The molecule has 1 heteroatoms. The van der Waals surface area contributed by atoms with E-state index in [-0.39, 0.29) is 0 Å². The molecule has 1 aliphatic heterocycles. The molecular formula is C10H23N. The van der Waals surface area contributed by atoms with Gasteiger partial charge in [-0.15, -0.1) is 0 Å². The molecule has 0 aromatic rings. The summed E-state index contributed by atoms with van der Waals surface area (Å²) in [5.74, 6) is 0.937. The van der Waals surface area contributed by atoms with Gasteiger partial charge in [0, 0.05) is 12.6 Å². The lowest BCUT2D eigenvalue weighted by Crippen LogP contribution is -2.27. The van der Waals surface area contributed by atoms with Gasteiger partial charge in [-0.2, -0.15) is 0 Å². The minimum atomic E-state index is 0.759. The maximum atomic E-state index is 2.55. The van der Waals surface area contributed by atoms with Crippen molar-refractivity contribution < 1.29 is 0 Å². The monoisotopic (exact) mass is 157 g/mol. The summed E-state index contributed by atoms with van der Waals surface area (Å²) >= 11 is 0. The van der Waals surface area contributed by atoms with E-state index in [4.69, 9.17) is 0 Å². The third-order valence-electron chi connectivity index (χ3n) is 2.19. The van der Waals surface area contributed by atoms with Crippen molar-refractivity contribution in [2.24, 2.45) is 5.92 Å². The molecule has 0 aromatic heterocycles. The average molecular weight is 157 g/mol. The standard InChI is InChI=1S/C8H17N.C2H6/c1-7(2)9-5-4-8(3)6-9;1-2/h7-8H,4-6H2,1-3H3;1-2H3. The van der Waals surface area contributed by atoms with Crippen LogP contribution in [0.25, 0.3) is 0 Å². The van der Waals surface area contributed by atoms with Crippen LogP contribution in [0.15, 0.2) is 0 Å². The summed E-state index contributed by atoms with van der Waals surface area (Å²) < 4.78 is 0. The van der Waals surface area contributed by atoms with Crippen molar-refractivity contribution in [1.29, 1.82) is 0 Å². The zero-order chi connectivity index (χ0) is 8.85. The van der Waals surface area contributed by atoms with Gasteiger partial charge in [-0.1, -0.05) is 20.8 Å². The van der Waals surface area contributed by atoms with Crippen molar-refractivity contribution in [2.75, 3.05) is 13.1 Å². The summed E-state index contributed by atoms with van der Waals surface area (Å²) in [6, 6.07) is 0.759. The molecule has 0 saturated carbocycles. The minimum absolute atomic E-state index is 0.759. The zero-order valence-corrected chi connectivity index (χ0v) is 8.72. The van der Waals surface area contributed by atoms with Gasteiger partial charge in [-0.3, -0.25) is 0 Å². The van der Waals surface area contributed by atoms with Gasteiger partial charge in [-0.05, 0) is 32.7 Å². The Balaban J connectivity index is 0.000000461. The van der Waals surface area contributed by atoms with Crippen LogP contribution in [-0.4, -0.2) is 24.0 Å². The van der Waals surface area contributed by atoms with Crippen LogP contribution in [0.2, 0.25) is 0 Å². The van der Waals surface area contributed by atoms with Gasteiger partial charge in [0.15, 0.2) is 0 Å². The van der Waals surface area contributed by atoms with Gasteiger partial charge in [-0.25, -0.2) is 0 Å². The van der Waals surface area contributed by atoms with E-state index in [0.717, 1.165) is 12.0 Å². The third kappa shape index (κ3) is 3.76.